The second-order valence-electron chi connectivity index (χ2n) is 9.06. The highest BCUT2D eigenvalue weighted by atomic mass is 35.5. The van der Waals surface area contributed by atoms with Crippen molar-refractivity contribution in [2.75, 3.05) is 30.5 Å². The van der Waals surface area contributed by atoms with E-state index in [0.29, 0.717) is 23.3 Å². The quantitative estimate of drug-likeness (QED) is 0.465. The highest BCUT2D eigenvalue weighted by Gasteiger charge is 2.27. The largest absolute Gasteiger partial charge is 0.354 e. The summed E-state index contributed by atoms with van der Waals surface area (Å²) in [6.45, 7) is 8.24. The molecule has 1 aliphatic rings. The maximum atomic E-state index is 13.5. The molecular weight excluding hydrogens is 470 g/mol. The first-order valence-corrected chi connectivity index (χ1v) is 13.9. The Morgan fingerprint density at radius 3 is 2.56 bits per heavy atom. The highest BCUT2D eigenvalue weighted by molar-refractivity contribution is 7.92. The summed E-state index contributed by atoms with van der Waals surface area (Å²) in [5.41, 5.74) is 2.16. The van der Waals surface area contributed by atoms with Gasteiger partial charge in [-0.2, -0.15) is 0 Å². The molecule has 34 heavy (non-hydrogen) atoms. The van der Waals surface area contributed by atoms with Crippen LogP contribution in [-0.2, 0) is 14.8 Å². The first kappa shape index (κ1) is 26.5. The molecule has 8 heteroatoms. The number of rotatable bonds is 10. The smallest absolute Gasteiger partial charge is 0.264 e. The molecule has 2 aromatic carbocycles. The number of hydrogen-bond acceptors (Lipinski definition) is 4. The van der Waals surface area contributed by atoms with Crippen LogP contribution < -0.4 is 9.62 Å². The molecule has 0 aromatic heterocycles. The van der Waals surface area contributed by atoms with Gasteiger partial charge in [-0.1, -0.05) is 48.7 Å². The first-order chi connectivity index (χ1) is 16.2. The number of nitrogens with zero attached hydrogens (tertiary/aromatic N) is 2. The summed E-state index contributed by atoms with van der Waals surface area (Å²) in [5.74, 6) is -0.335. The number of likely N-dealkylation sites (tertiary alicyclic amines) is 1. The van der Waals surface area contributed by atoms with Crippen molar-refractivity contribution in [3.63, 3.8) is 0 Å². The van der Waals surface area contributed by atoms with Crippen molar-refractivity contribution < 1.29 is 13.2 Å². The third-order valence-electron chi connectivity index (χ3n) is 6.50. The highest BCUT2D eigenvalue weighted by Crippen LogP contribution is 2.28. The van der Waals surface area contributed by atoms with Gasteiger partial charge in [0.15, 0.2) is 0 Å². The molecule has 1 N–H and O–H groups in total. The van der Waals surface area contributed by atoms with Gasteiger partial charge < -0.3 is 10.2 Å². The van der Waals surface area contributed by atoms with Crippen LogP contribution in [0, 0.1) is 13.8 Å². The van der Waals surface area contributed by atoms with E-state index in [9.17, 15) is 13.2 Å². The lowest BCUT2D eigenvalue weighted by molar-refractivity contribution is -0.119. The molecule has 3 rings (SSSR count). The predicted octanol–water partition coefficient (Wildman–Crippen LogP) is 4.92. The zero-order valence-corrected chi connectivity index (χ0v) is 22.0. The average Bonchev–Trinajstić information content (AvgIpc) is 2.82. The lowest BCUT2D eigenvalue weighted by Crippen LogP contribution is -2.43. The van der Waals surface area contributed by atoms with Gasteiger partial charge in [0.25, 0.3) is 10.0 Å². The number of sulfonamides is 1. The summed E-state index contributed by atoms with van der Waals surface area (Å²) in [4.78, 5) is 15.5. The number of aryl methyl sites for hydroxylation is 2. The standard InChI is InChI=1S/C26H36ClN3O3S/c1-4-22-8-5-6-16-29(22)17-7-15-28-26(31)19-30(23-12-11-21(3)25(27)18-23)34(32,33)24-13-9-20(2)10-14-24/h9-14,18,22H,4-8,15-17,19H2,1-3H3,(H,28,31). The Kier molecular flexibility index (Phi) is 9.39. The van der Waals surface area contributed by atoms with Gasteiger partial charge in [-0.25, -0.2) is 8.42 Å². The van der Waals surface area contributed by atoms with Gasteiger partial charge in [0, 0.05) is 24.2 Å². The van der Waals surface area contributed by atoms with Crippen LogP contribution in [0.2, 0.25) is 5.02 Å². The van der Waals surface area contributed by atoms with Crippen molar-refractivity contribution in [2.45, 2.75) is 63.8 Å². The fraction of sp³-hybridized carbons (Fsp3) is 0.500. The summed E-state index contributed by atoms with van der Waals surface area (Å²) >= 11 is 6.28. The molecule has 1 saturated heterocycles. The van der Waals surface area contributed by atoms with E-state index in [4.69, 9.17) is 11.6 Å². The van der Waals surface area contributed by atoms with Gasteiger partial charge >= 0.3 is 0 Å². The van der Waals surface area contributed by atoms with E-state index >= 15 is 0 Å². The van der Waals surface area contributed by atoms with Crippen LogP contribution in [0.25, 0.3) is 0 Å². The van der Waals surface area contributed by atoms with E-state index in [0.717, 1.165) is 41.4 Å². The van der Waals surface area contributed by atoms with E-state index in [2.05, 4.69) is 17.1 Å². The molecule has 1 unspecified atom stereocenters. The van der Waals surface area contributed by atoms with E-state index in [1.807, 2.05) is 13.8 Å². The Bertz CT molecular complexity index is 1070. The zero-order chi connectivity index (χ0) is 24.7. The molecule has 0 aliphatic carbocycles. The third-order valence-corrected chi connectivity index (χ3v) is 8.70. The van der Waals surface area contributed by atoms with Crippen LogP contribution in [0.3, 0.4) is 0 Å². The minimum absolute atomic E-state index is 0.137. The number of benzene rings is 2. The minimum Gasteiger partial charge on any atom is -0.354 e. The molecule has 1 fully saturated rings. The molecule has 0 spiro atoms. The van der Waals surface area contributed by atoms with E-state index in [1.165, 1.54) is 19.3 Å². The zero-order valence-electron chi connectivity index (χ0n) is 20.4. The van der Waals surface area contributed by atoms with Gasteiger partial charge in [-0.3, -0.25) is 9.10 Å². The maximum absolute atomic E-state index is 13.5. The number of piperidine rings is 1. The van der Waals surface area contributed by atoms with Crippen LogP contribution in [0.1, 0.15) is 50.2 Å². The second kappa shape index (κ2) is 12.0. The lowest BCUT2D eigenvalue weighted by Gasteiger charge is -2.35. The number of anilines is 1. The molecule has 0 radical (unpaired) electrons. The summed E-state index contributed by atoms with van der Waals surface area (Å²) in [7, 11) is -3.95. The molecule has 0 saturated carbocycles. The van der Waals surface area contributed by atoms with Gasteiger partial charge in [-0.15, -0.1) is 0 Å². The Morgan fingerprint density at radius 1 is 1.15 bits per heavy atom. The number of carbonyl (C=O) groups is 1. The summed E-state index contributed by atoms with van der Waals surface area (Å²) in [6, 6.07) is 12.3. The predicted molar refractivity (Wildman–Crippen MR) is 139 cm³/mol. The molecule has 2 aromatic rings. The van der Waals surface area contributed by atoms with Crippen LogP contribution in [0.5, 0.6) is 0 Å². The van der Waals surface area contributed by atoms with Crippen molar-refractivity contribution >= 4 is 33.2 Å². The van der Waals surface area contributed by atoms with Crippen LogP contribution in [0.15, 0.2) is 47.4 Å². The monoisotopic (exact) mass is 505 g/mol. The molecule has 1 amide bonds. The normalized spacial score (nSPS) is 16.9. The Balaban J connectivity index is 1.69. The molecular formula is C26H36ClN3O3S. The van der Waals surface area contributed by atoms with Crippen LogP contribution in [0.4, 0.5) is 5.69 Å². The van der Waals surface area contributed by atoms with E-state index in [-0.39, 0.29) is 17.3 Å². The Morgan fingerprint density at radius 2 is 1.88 bits per heavy atom. The first-order valence-electron chi connectivity index (χ1n) is 12.1. The van der Waals surface area contributed by atoms with Crippen molar-refractivity contribution in [2.24, 2.45) is 0 Å². The SMILES string of the molecule is CCC1CCCCN1CCCNC(=O)CN(c1ccc(C)c(Cl)c1)S(=O)(=O)c1ccc(C)cc1. The van der Waals surface area contributed by atoms with Crippen LogP contribution in [-0.4, -0.2) is 51.4 Å². The summed E-state index contributed by atoms with van der Waals surface area (Å²) in [6.07, 6.45) is 5.75. The van der Waals surface area contributed by atoms with Crippen molar-refractivity contribution in [3.05, 3.63) is 58.6 Å². The average molecular weight is 506 g/mol. The third kappa shape index (κ3) is 6.74. The number of nitrogens with one attached hydrogen (secondary N) is 1. The Labute approximate surface area is 209 Å². The molecule has 6 nitrogen and oxygen atoms in total. The van der Waals surface area contributed by atoms with Gasteiger partial charge in [0.05, 0.1) is 10.6 Å². The second-order valence-corrected chi connectivity index (χ2v) is 11.3. The number of halogens is 1. The maximum Gasteiger partial charge on any atom is 0.264 e. The van der Waals surface area contributed by atoms with E-state index in [1.54, 1.807) is 42.5 Å². The number of amides is 1. The molecule has 1 atom stereocenters. The molecule has 1 heterocycles. The number of hydrogen-bond donors (Lipinski definition) is 1. The number of carbonyl (C=O) groups excluding carboxylic acids is 1. The van der Waals surface area contributed by atoms with E-state index < -0.39 is 10.0 Å². The summed E-state index contributed by atoms with van der Waals surface area (Å²) < 4.78 is 28.1. The van der Waals surface area contributed by atoms with Crippen molar-refractivity contribution in [3.8, 4) is 0 Å². The minimum atomic E-state index is -3.95. The topological polar surface area (TPSA) is 69.7 Å². The Hall–Kier alpha value is -2.09. The van der Waals surface area contributed by atoms with Gasteiger partial charge in [0.1, 0.15) is 6.54 Å². The van der Waals surface area contributed by atoms with Crippen molar-refractivity contribution in [1.29, 1.82) is 0 Å². The molecule has 1 aliphatic heterocycles. The van der Waals surface area contributed by atoms with Crippen molar-refractivity contribution in [1.82, 2.24) is 10.2 Å². The van der Waals surface area contributed by atoms with Gasteiger partial charge in [-0.05, 0) is 75.9 Å². The fourth-order valence-corrected chi connectivity index (χ4v) is 5.99. The lowest BCUT2D eigenvalue weighted by atomic mass is 10.00. The molecule has 0 bridgehead atoms. The van der Waals surface area contributed by atoms with Gasteiger partial charge in [0.2, 0.25) is 5.91 Å². The van der Waals surface area contributed by atoms with Crippen LogP contribution >= 0.6 is 11.6 Å². The summed E-state index contributed by atoms with van der Waals surface area (Å²) in [5, 5.41) is 3.36. The molecule has 186 valence electrons. The fourth-order valence-electron chi connectivity index (χ4n) is 4.40.